The zero-order valence-corrected chi connectivity index (χ0v) is 11.8. The molecule has 1 saturated carbocycles. The van der Waals surface area contributed by atoms with Crippen molar-refractivity contribution in [3.8, 4) is 0 Å². The van der Waals surface area contributed by atoms with Gasteiger partial charge in [0.05, 0.1) is 11.7 Å². The van der Waals surface area contributed by atoms with E-state index in [1.165, 1.54) is 49.9 Å². The number of aromatic nitrogens is 2. The van der Waals surface area contributed by atoms with Gasteiger partial charge in [-0.3, -0.25) is 0 Å². The summed E-state index contributed by atoms with van der Waals surface area (Å²) in [5.41, 5.74) is 2.52. The molecule has 3 heterocycles. The molecule has 2 aromatic heterocycles. The van der Waals surface area contributed by atoms with Gasteiger partial charge in [-0.1, -0.05) is 6.07 Å². The lowest BCUT2D eigenvalue weighted by Crippen LogP contribution is -2.43. The maximum absolute atomic E-state index is 4.39. The van der Waals surface area contributed by atoms with Gasteiger partial charge < -0.3 is 10.2 Å². The van der Waals surface area contributed by atoms with Crippen LogP contribution in [0, 0.1) is 0 Å². The molecule has 1 saturated heterocycles. The second kappa shape index (κ2) is 5.19. The first-order chi connectivity index (χ1) is 9.90. The largest absolute Gasteiger partial charge is 0.310 e. The molecule has 4 heteroatoms. The predicted molar refractivity (Wildman–Crippen MR) is 79.6 cm³/mol. The normalized spacial score (nSPS) is 21.6. The van der Waals surface area contributed by atoms with Gasteiger partial charge in [-0.25, -0.2) is 4.52 Å². The Morgan fingerprint density at radius 2 is 2.00 bits per heavy atom. The zero-order chi connectivity index (χ0) is 13.4. The van der Waals surface area contributed by atoms with Gasteiger partial charge in [-0.05, 0) is 50.9 Å². The van der Waals surface area contributed by atoms with Crippen LogP contribution in [0.15, 0.2) is 30.6 Å². The first-order valence-electron chi connectivity index (χ1n) is 7.79. The fourth-order valence-electron chi connectivity index (χ4n) is 3.29. The van der Waals surface area contributed by atoms with Crippen molar-refractivity contribution in [1.82, 2.24) is 19.8 Å². The van der Waals surface area contributed by atoms with Gasteiger partial charge in [-0.15, -0.1) is 0 Å². The third kappa shape index (κ3) is 2.45. The molecule has 0 amide bonds. The van der Waals surface area contributed by atoms with Crippen LogP contribution in [-0.2, 0) is 6.54 Å². The highest BCUT2D eigenvalue weighted by atomic mass is 15.2. The van der Waals surface area contributed by atoms with Crippen LogP contribution in [0.25, 0.3) is 5.52 Å². The molecule has 1 N–H and O–H groups in total. The van der Waals surface area contributed by atoms with Gasteiger partial charge in [-0.2, -0.15) is 5.10 Å². The van der Waals surface area contributed by atoms with E-state index in [1.54, 1.807) is 0 Å². The smallest absolute Gasteiger partial charge is 0.0706 e. The third-order valence-electron chi connectivity index (χ3n) is 4.68. The molecule has 1 aliphatic carbocycles. The number of fused-ring (bicyclic) bond motifs is 1. The van der Waals surface area contributed by atoms with Gasteiger partial charge in [0.1, 0.15) is 0 Å². The summed E-state index contributed by atoms with van der Waals surface area (Å²) in [5, 5.41) is 8.11. The molecule has 0 spiro atoms. The minimum absolute atomic E-state index is 0.670. The first-order valence-corrected chi connectivity index (χ1v) is 7.79. The molecule has 4 rings (SSSR count). The molecule has 0 bridgehead atoms. The Bertz CT molecular complexity index is 579. The number of pyridine rings is 1. The maximum Gasteiger partial charge on any atom is 0.0706 e. The van der Waals surface area contributed by atoms with Crippen LogP contribution in [-0.4, -0.2) is 39.7 Å². The van der Waals surface area contributed by atoms with E-state index in [-0.39, 0.29) is 0 Å². The highest BCUT2D eigenvalue weighted by Crippen LogP contribution is 2.29. The van der Waals surface area contributed by atoms with E-state index in [0.717, 1.165) is 12.6 Å². The Morgan fingerprint density at radius 1 is 1.15 bits per heavy atom. The number of nitrogens with one attached hydrogen (secondary N) is 1. The summed E-state index contributed by atoms with van der Waals surface area (Å²) >= 11 is 0. The van der Waals surface area contributed by atoms with E-state index in [0.29, 0.717) is 6.04 Å². The molecule has 106 valence electrons. The average molecular weight is 270 g/mol. The highest BCUT2D eigenvalue weighted by Gasteiger charge is 2.31. The number of piperidine rings is 1. The SMILES string of the molecule is c1ccn2ncc(CNC3CCN(C4CC4)CC3)c2c1. The average Bonchev–Trinajstić information content (AvgIpc) is 3.27. The predicted octanol–water partition coefficient (Wildman–Crippen LogP) is 2.05. The Kier molecular flexibility index (Phi) is 3.20. The van der Waals surface area contributed by atoms with E-state index in [4.69, 9.17) is 0 Å². The molecule has 2 aromatic rings. The van der Waals surface area contributed by atoms with Crippen molar-refractivity contribution >= 4 is 5.52 Å². The molecule has 2 aliphatic rings. The summed E-state index contributed by atoms with van der Waals surface area (Å²) < 4.78 is 1.95. The van der Waals surface area contributed by atoms with Crippen LogP contribution in [0.3, 0.4) is 0 Å². The van der Waals surface area contributed by atoms with E-state index in [9.17, 15) is 0 Å². The Labute approximate surface area is 119 Å². The summed E-state index contributed by atoms with van der Waals surface area (Å²) in [6, 6.07) is 7.83. The van der Waals surface area contributed by atoms with Crippen molar-refractivity contribution in [3.05, 3.63) is 36.2 Å². The minimum atomic E-state index is 0.670. The van der Waals surface area contributed by atoms with E-state index < -0.39 is 0 Å². The monoisotopic (exact) mass is 270 g/mol. The minimum Gasteiger partial charge on any atom is -0.310 e. The van der Waals surface area contributed by atoms with Crippen LogP contribution in [0.1, 0.15) is 31.2 Å². The molecule has 0 atom stereocenters. The standard InChI is InChI=1S/C16H22N4/c1-2-8-20-16(3-1)13(12-18-20)11-17-14-6-9-19(10-7-14)15-4-5-15/h1-3,8,12,14-15,17H,4-7,9-11H2. The van der Waals surface area contributed by atoms with Gasteiger partial charge in [0.25, 0.3) is 0 Å². The highest BCUT2D eigenvalue weighted by molar-refractivity contribution is 5.53. The second-order valence-corrected chi connectivity index (χ2v) is 6.12. The van der Waals surface area contributed by atoms with Gasteiger partial charge >= 0.3 is 0 Å². The van der Waals surface area contributed by atoms with Crippen LogP contribution in [0.4, 0.5) is 0 Å². The van der Waals surface area contributed by atoms with E-state index in [2.05, 4.69) is 27.4 Å². The molecule has 0 radical (unpaired) electrons. The van der Waals surface area contributed by atoms with Crippen LogP contribution in [0.2, 0.25) is 0 Å². The van der Waals surface area contributed by atoms with Crippen LogP contribution < -0.4 is 5.32 Å². The molecular formula is C16H22N4. The number of nitrogens with zero attached hydrogens (tertiary/aromatic N) is 3. The van der Waals surface area contributed by atoms with Crippen molar-refractivity contribution in [2.45, 2.75) is 44.3 Å². The summed E-state index contributed by atoms with van der Waals surface area (Å²) in [5.74, 6) is 0. The van der Waals surface area contributed by atoms with Crippen molar-refractivity contribution in [3.63, 3.8) is 0 Å². The fraction of sp³-hybridized carbons (Fsp3) is 0.562. The Hall–Kier alpha value is -1.39. The van der Waals surface area contributed by atoms with Crippen molar-refractivity contribution in [2.24, 2.45) is 0 Å². The van der Waals surface area contributed by atoms with Crippen LogP contribution in [0.5, 0.6) is 0 Å². The number of rotatable bonds is 4. The lowest BCUT2D eigenvalue weighted by atomic mass is 10.0. The van der Waals surface area contributed by atoms with Gasteiger partial charge in [0.2, 0.25) is 0 Å². The molecular weight excluding hydrogens is 248 g/mol. The Balaban J connectivity index is 1.34. The maximum atomic E-state index is 4.39. The third-order valence-corrected chi connectivity index (χ3v) is 4.68. The Morgan fingerprint density at radius 3 is 2.80 bits per heavy atom. The molecule has 0 unspecified atom stereocenters. The summed E-state index contributed by atoms with van der Waals surface area (Å²) in [6.45, 7) is 3.48. The molecule has 4 nitrogen and oxygen atoms in total. The fourth-order valence-corrected chi connectivity index (χ4v) is 3.29. The summed E-state index contributed by atoms with van der Waals surface area (Å²) in [7, 11) is 0. The lowest BCUT2D eigenvalue weighted by molar-refractivity contribution is 0.189. The number of hydrogen-bond donors (Lipinski definition) is 1. The van der Waals surface area contributed by atoms with Crippen molar-refractivity contribution in [2.75, 3.05) is 13.1 Å². The van der Waals surface area contributed by atoms with Crippen LogP contribution >= 0.6 is 0 Å². The van der Waals surface area contributed by atoms with Gasteiger partial charge in [0.15, 0.2) is 0 Å². The second-order valence-electron chi connectivity index (χ2n) is 6.12. The van der Waals surface area contributed by atoms with Crippen molar-refractivity contribution < 1.29 is 0 Å². The molecule has 0 aromatic carbocycles. The molecule has 2 fully saturated rings. The molecule has 1 aliphatic heterocycles. The van der Waals surface area contributed by atoms with Gasteiger partial charge in [0, 0.05) is 30.4 Å². The molecule has 20 heavy (non-hydrogen) atoms. The van der Waals surface area contributed by atoms with E-state index in [1.807, 2.05) is 23.0 Å². The number of hydrogen-bond acceptors (Lipinski definition) is 3. The van der Waals surface area contributed by atoms with E-state index >= 15 is 0 Å². The topological polar surface area (TPSA) is 32.6 Å². The quantitative estimate of drug-likeness (QED) is 0.923. The zero-order valence-electron chi connectivity index (χ0n) is 11.8. The summed E-state index contributed by atoms with van der Waals surface area (Å²) in [4.78, 5) is 2.67. The number of likely N-dealkylation sites (tertiary alicyclic amines) is 1. The van der Waals surface area contributed by atoms with Crippen molar-refractivity contribution in [1.29, 1.82) is 0 Å². The first kappa shape index (κ1) is 12.4. The summed E-state index contributed by atoms with van der Waals surface area (Å²) in [6.07, 6.45) is 9.43. The lowest BCUT2D eigenvalue weighted by Gasteiger charge is -2.32.